The van der Waals surface area contributed by atoms with Gasteiger partial charge in [-0.25, -0.2) is 9.36 Å². The summed E-state index contributed by atoms with van der Waals surface area (Å²) in [6.07, 6.45) is 0. The molecule has 0 spiro atoms. The number of nitrogens with zero attached hydrogens (tertiary/aromatic N) is 1. The fourth-order valence-corrected chi connectivity index (χ4v) is 2.14. The maximum absolute atomic E-state index is 11.8. The van der Waals surface area contributed by atoms with Gasteiger partial charge in [0.1, 0.15) is 0 Å². The lowest BCUT2D eigenvalue weighted by molar-refractivity contribution is -0.894. The summed E-state index contributed by atoms with van der Waals surface area (Å²) in [6.45, 7) is 4.54. The Morgan fingerprint density at radius 2 is 2.10 bits per heavy atom. The van der Waals surface area contributed by atoms with Gasteiger partial charge in [-0.15, -0.1) is 0 Å². The number of benzene rings is 1. The smallest absolute Gasteiger partial charge is 0.408 e. The Bertz CT molecular complexity index is 657. The van der Waals surface area contributed by atoms with Crippen LogP contribution in [-0.4, -0.2) is 30.1 Å². The summed E-state index contributed by atoms with van der Waals surface area (Å²) in [5.41, 5.74) is 1.32. The van der Waals surface area contributed by atoms with Gasteiger partial charge in [-0.2, -0.15) is 0 Å². The van der Waals surface area contributed by atoms with Gasteiger partial charge in [0.05, 0.1) is 12.6 Å². The number of aromatic nitrogens is 1. The first-order valence-corrected chi connectivity index (χ1v) is 6.66. The van der Waals surface area contributed by atoms with E-state index in [-0.39, 0.29) is 11.9 Å². The zero-order valence-corrected chi connectivity index (χ0v) is 12.0. The Morgan fingerprint density at radius 1 is 1.40 bits per heavy atom. The van der Waals surface area contributed by atoms with Crippen molar-refractivity contribution < 1.29 is 14.1 Å². The third kappa shape index (κ3) is 3.27. The van der Waals surface area contributed by atoms with Gasteiger partial charge in [0.2, 0.25) is 0 Å². The lowest BCUT2D eigenvalue weighted by Crippen LogP contribution is -3.09. The van der Waals surface area contributed by atoms with Crippen molar-refractivity contribution in [3.63, 3.8) is 0 Å². The molecule has 1 amide bonds. The normalized spacial score (nSPS) is 12.8. The Morgan fingerprint density at radius 3 is 2.80 bits per heavy atom. The standard InChI is InChI=1S/C14H19N3O3/c1-10(2)15-13(18)8-16(3)9-17-11-6-4-5-7-12(11)20-14(17)19/h4-7,10H,8-9H2,1-3H3,(H,15,18)/p+1. The molecular formula is C14H20N3O3+. The number of carbonyl (C=O) groups excluding carboxylic acids is 1. The van der Waals surface area contributed by atoms with E-state index in [1.807, 2.05) is 39.1 Å². The molecule has 6 heteroatoms. The first-order chi connectivity index (χ1) is 9.47. The van der Waals surface area contributed by atoms with Crippen LogP contribution in [0, 0.1) is 0 Å². The van der Waals surface area contributed by atoms with E-state index in [1.54, 1.807) is 10.6 Å². The number of hydrogen-bond donors (Lipinski definition) is 2. The highest BCUT2D eigenvalue weighted by Gasteiger charge is 2.15. The third-order valence-corrected chi connectivity index (χ3v) is 2.91. The van der Waals surface area contributed by atoms with Crippen LogP contribution in [0.3, 0.4) is 0 Å². The van der Waals surface area contributed by atoms with Crippen molar-refractivity contribution in [2.24, 2.45) is 0 Å². The van der Waals surface area contributed by atoms with Gasteiger partial charge < -0.3 is 14.6 Å². The summed E-state index contributed by atoms with van der Waals surface area (Å²) in [5, 5.41) is 2.83. The van der Waals surface area contributed by atoms with Crippen molar-refractivity contribution >= 4 is 17.0 Å². The second-order valence-corrected chi connectivity index (χ2v) is 5.28. The zero-order chi connectivity index (χ0) is 14.7. The van der Waals surface area contributed by atoms with Crippen LogP contribution in [0.15, 0.2) is 33.5 Å². The summed E-state index contributed by atoms with van der Waals surface area (Å²) >= 11 is 0. The van der Waals surface area contributed by atoms with Crippen molar-refractivity contribution in [2.75, 3.05) is 13.6 Å². The van der Waals surface area contributed by atoms with Crippen molar-refractivity contribution in [3.05, 3.63) is 34.8 Å². The fraction of sp³-hybridized carbons (Fsp3) is 0.429. The SMILES string of the molecule is CC(C)NC(=O)C[NH+](C)Cn1c(=O)oc2ccccc21. The van der Waals surface area contributed by atoms with E-state index in [4.69, 9.17) is 4.42 Å². The van der Waals surface area contributed by atoms with Gasteiger partial charge in [-0.1, -0.05) is 12.1 Å². The molecule has 0 saturated carbocycles. The van der Waals surface area contributed by atoms with E-state index < -0.39 is 5.76 Å². The van der Waals surface area contributed by atoms with Gasteiger partial charge >= 0.3 is 5.76 Å². The molecule has 2 aromatic rings. The van der Waals surface area contributed by atoms with E-state index in [2.05, 4.69) is 5.32 Å². The minimum Gasteiger partial charge on any atom is -0.408 e. The predicted molar refractivity (Wildman–Crippen MR) is 75.5 cm³/mol. The van der Waals surface area contributed by atoms with Crippen LogP contribution in [0.1, 0.15) is 13.8 Å². The summed E-state index contributed by atoms with van der Waals surface area (Å²) in [6, 6.07) is 7.39. The number of rotatable bonds is 5. The Kier molecular flexibility index (Phi) is 4.24. The molecule has 1 unspecified atom stereocenters. The molecule has 0 aliphatic rings. The maximum Gasteiger partial charge on any atom is 0.424 e. The second kappa shape index (κ2) is 5.92. The lowest BCUT2D eigenvalue weighted by Gasteiger charge is -2.15. The van der Waals surface area contributed by atoms with Gasteiger partial charge in [0.15, 0.2) is 18.8 Å². The highest BCUT2D eigenvalue weighted by molar-refractivity contribution is 5.77. The Labute approximate surface area is 117 Å². The lowest BCUT2D eigenvalue weighted by atomic mass is 10.3. The Balaban J connectivity index is 2.10. The van der Waals surface area contributed by atoms with Crippen molar-refractivity contribution in [1.82, 2.24) is 9.88 Å². The Hall–Kier alpha value is -2.08. The number of likely N-dealkylation sites (N-methyl/N-ethyl adjacent to an activating group) is 1. The first kappa shape index (κ1) is 14.3. The van der Waals surface area contributed by atoms with Crippen LogP contribution in [0.2, 0.25) is 0 Å². The van der Waals surface area contributed by atoms with Gasteiger partial charge in [-0.3, -0.25) is 4.79 Å². The maximum atomic E-state index is 11.8. The summed E-state index contributed by atoms with van der Waals surface area (Å²) in [4.78, 5) is 24.4. The molecule has 2 N–H and O–H groups in total. The van der Waals surface area contributed by atoms with E-state index in [0.717, 1.165) is 10.4 Å². The molecular weight excluding hydrogens is 258 g/mol. The molecule has 1 heterocycles. The number of hydrogen-bond acceptors (Lipinski definition) is 3. The molecule has 6 nitrogen and oxygen atoms in total. The molecule has 1 aromatic heterocycles. The molecule has 0 aliphatic carbocycles. The van der Waals surface area contributed by atoms with Crippen LogP contribution in [-0.2, 0) is 11.5 Å². The monoisotopic (exact) mass is 278 g/mol. The van der Waals surface area contributed by atoms with Crippen LogP contribution in [0.5, 0.6) is 0 Å². The largest absolute Gasteiger partial charge is 0.424 e. The molecule has 0 fully saturated rings. The molecule has 0 saturated heterocycles. The number of fused-ring (bicyclic) bond motifs is 1. The van der Waals surface area contributed by atoms with Crippen molar-refractivity contribution in [2.45, 2.75) is 26.6 Å². The summed E-state index contributed by atoms with van der Waals surface area (Å²) < 4.78 is 6.71. The number of amides is 1. The highest BCUT2D eigenvalue weighted by Crippen LogP contribution is 2.10. The van der Waals surface area contributed by atoms with E-state index >= 15 is 0 Å². The average Bonchev–Trinajstić information content (AvgIpc) is 2.65. The molecule has 0 bridgehead atoms. The highest BCUT2D eigenvalue weighted by atomic mass is 16.4. The summed E-state index contributed by atoms with van der Waals surface area (Å²) in [7, 11) is 1.87. The van der Waals surface area contributed by atoms with E-state index in [1.165, 1.54) is 0 Å². The van der Waals surface area contributed by atoms with Crippen LogP contribution in [0.4, 0.5) is 0 Å². The average molecular weight is 278 g/mol. The predicted octanol–water partition coefficient (Wildman–Crippen LogP) is -0.409. The number of nitrogens with one attached hydrogen (secondary N) is 2. The first-order valence-electron chi connectivity index (χ1n) is 6.66. The second-order valence-electron chi connectivity index (χ2n) is 5.28. The van der Waals surface area contributed by atoms with Crippen molar-refractivity contribution in [1.29, 1.82) is 0 Å². The van der Waals surface area contributed by atoms with Gasteiger partial charge in [0, 0.05) is 6.04 Å². The molecule has 1 atom stereocenters. The molecule has 2 rings (SSSR count). The van der Waals surface area contributed by atoms with Crippen LogP contribution in [0.25, 0.3) is 11.1 Å². The minimum absolute atomic E-state index is 0.0293. The van der Waals surface area contributed by atoms with Crippen molar-refractivity contribution in [3.8, 4) is 0 Å². The number of oxazole rings is 1. The quantitative estimate of drug-likeness (QED) is 0.781. The third-order valence-electron chi connectivity index (χ3n) is 2.91. The van der Waals surface area contributed by atoms with Gasteiger partial charge in [-0.05, 0) is 26.0 Å². The van der Waals surface area contributed by atoms with Gasteiger partial charge in [0.25, 0.3) is 5.91 Å². The molecule has 0 aliphatic heterocycles. The number of para-hydroxylation sites is 2. The van der Waals surface area contributed by atoms with Crippen LogP contribution < -0.4 is 16.0 Å². The number of quaternary nitrogens is 1. The number of carbonyl (C=O) groups is 1. The summed E-state index contributed by atoms with van der Waals surface area (Å²) in [5.74, 6) is -0.423. The molecule has 1 aromatic carbocycles. The molecule has 20 heavy (non-hydrogen) atoms. The van der Waals surface area contributed by atoms with E-state index in [0.29, 0.717) is 18.8 Å². The molecule has 108 valence electrons. The minimum atomic E-state index is -0.394. The molecule has 0 radical (unpaired) electrons. The van der Waals surface area contributed by atoms with Crippen LogP contribution >= 0.6 is 0 Å². The fourth-order valence-electron chi connectivity index (χ4n) is 2.14. The topological polar surface area (TPSA) is 68.7 Å². The van der Waals surface area contributed by atoms with E-state index in [9.17, 15) is 9.59 Å². The zero-order valence-electron chi connectivity index (χ0n) is 12.0.